The largest absolute Gasteiger partial charge is 0.497 e. The van der Waals surface area contributed by atoms with Gasteiger partial charge in [0.25, 0.3) is 0 Å². The van der Waals surface area contributed by atoms with Gasteiger partial charge in [-0.15, -0.1) is 0 Å². The molecule has 0 aliphatic carbocycles. The lowest BCUT2D eigenvalue weighted by Gasteiger charge is -2.28. The van der Waals surface area contributed by atoms with Gasteiger partial charge < -0.3 is 14.6 Å². The van der Waals surface area contributed by atoms with Crippen molar-refractivity contribution in [2.24, 2.45) is 0 Å². The van der Waals surface area contributed by atoms with Crippen LogP contribution in [0.25, 0.3) is 0 Å². The summed E-state index contributed by atoms with van der Waals surface area (Å²) in [5.41, 5.74) is 3.28. The van der Waals surface area contributed by atoms with Gasteiger partial charge in [0.15, 0.2) is 0 Å². The SMILES string of the molecule is COc1cc(OC)cc(C(C(=O)O)N2CCc3ccccc3CC2)c1. The summed E-state index contributed by atoms with van der Waals surface area (Å²) in [4.78, 5) is 14.1. The summed E-state index contributed by atoms with van der Waals surface area (Å²) < 4.78 is 10.6. The lowest BCUT2D eigenvalue weighted by atomic mass is 10.0. The molecule has 5 heteroatoms. The van der Waals surface area contributed by atoms with Crippen LogP contribution in [0.3, 0.4) is 0 Å². The fourth-order valence-electron chi connectivity index (χ4n) is 3.44. The van der Waals surface area contributed by atoms with Gasteiger partial charge in [-0.1, -0.05) is 24.3 Å². The zero-order valence-corrected chi connectivity index (χ0v) is 14.6. The van der Waals surface area contributed by atoms with Crippen LogP contribution in [-0.2, 0) is 17.6 Å². The average molecular weight is 341 g/mol. The number of fused-ring (bicyclic) bond motifs is 1. The number of carboxylic acids is 1. The zero-order valence-electron chi connectivity index (χ0n) is 14.6. The summed E-state index contributed by atoms with van der Waals surface area (Å²) in [6.45, 7) is 1.40. The Balaban J connectivity index is 1.91. The zero-order chi connectivity index (χ0) is 17.8. The van der Waals surface area contributed by atoms with Crippen LogP contribution < -0.4 is 9.47 Å². The quantitative estimate of drug-likeness (QED) is 0.906. The molecule has 0 radical (unpaired) electrons. The van der Waals surface area contributed by atoms with E-state index in [0.29, 0.717) is 30.2 Å². The molecule has 0 fully saturated rings. The Morgan fingerprint density at radius 1 is 1.00 bits per heavy atom. The maximum atomic E-state index is 12.1. The van der Waals surface area contributed by atoms with Crippen LogP contribution >= 0.6 is 0 Å². The van der Waals surface area contributed by atoms with Crippen LogP contribution in [0.15, 0.2) is 42.5 Å². The summed E-state index contributed by atoms with van der Waals surface area (Å²) >= 11 is 0. The van der Waals surface area contributed by atoms with Gasteiger partial charge in [-0.05, 0) is 41.7 Å². The van der Waals surface area contributed by atoms with Crippen molar-refractivity contribution >= 4 is 5.97 Å². The highest BCUT2D eigenvalue weighted by Crippen LogP contribution is 2.31. The minimum Gasteiger partial charge on any atom is -0.497 e. The number of benzene rings is 2. The van der Waals surface area contributed by atoms with Crippen molar-refractivity contribution in [1.29, 1.82) is 0 Å². The van der Waals surface area contributed by atoms with E-state index in [4.69, 9.17) is 9.47 Å². The number of nitrogens with zero attached hydrogens (tertiary/aromatic N) is 1. The Bertz CT molecular complexity index is 710. The Morgan fingerprint density at radius 2 is 1.52 bits per heavy atom. The number of ether oxygens (including phenoxy) is 2. The maximum absolute atomic E-state index is 12.1. The van der Waals surface area contributed by atoms with E-state index in [-0.39, 0.29) is 0 Å². The van der Waals surface area contributed by atoms with Gasteiger partial charge in [0, 0.05) is 19.2 Å². The molecule has 3 rings (SSSR count). The van der Waals surface area contributed by atoms with E-state index in [0.717, 1.165) is 12.8 Å². The molecular formula is C20H23NO4. The first kappa shape index (κ1) is 17.3. The topological polar surface area (TPSA) is 59.0 Å². The molecule has 1 atom stereocenters. The minimum atomic E-state index is -0.860. The second kappa shape index (κ2) is 7.57. The Hall–Kier alpha value is -2.53. The highest BCUT2D eigenvalue weighted by atomic mass is 16.5. The molecule has 1 heterocycles. The van der Waals surface area contributed by atoms with Crippen molar-refractivity contribution < 1.29 is 19.4 Å². The van der Waals surface area contributed by atoms with Gasteiger partial charge in [0.05, 0.1) is 14.2 Å². The number of methoxy groups -OCH3 is 2. The van der Waals surface area contributed by atoms with Gasteiger partial charge in [-0.25, -0.2) is 0 Å². The molecule has 0 aromatic heterocycles. The molecule has 2 aromatic rings. The number of rotatable bonds is 5. The van der Waals surface area contributed by atoms with Gasteiger partial charge in [0.2, 0.25) is 0 Å². The number of hydrogen-bond donors (Lipinski definition) is 1. The highest BCUT2D eigenvalue weighted by Gasteiger charge is 2.29. The van der Waals surface area contributed by atoms with Gasteiger partial charge in [0.1, 0.15) is 17.5 Å². The summed E-state index contributed by atoms with van der Waals surface area (Å²) in [6, 6.07) is 12.9. The van der Waals surface area contributed by atoms with Crippen molar-refractivity contribution in [3.05, 3.63) is 59.2 Å². The highest BCUT2D eigenvalue weighted by molar-refractivity contribution is 5.76. The maximum Gasteiger partial charge on any atom is 0.325 e. The van der Waals surface area contributed by atoms with Crippen LogP contribution in [0.5, 0.6) is 11.5 Å². The molecule has 1 aliphatic rings. The molecule has 1 N–H and O–H groups in total. The standard InChI is InChI=1S/C20H23NO4/c1-24-17-11-16(12-18(13-17)25-2)19(20(22)23)21-9-7-14-5-3-4-6-15(14)8-10-21/h3-6,11-13,19H,7-10H2,1-2H3,(H,22,23). The number of hydrogen-bond acceptors (Lipinski definition) is 4. The van der Waals surface area contributed by atoms with Gasteiger partial charge in [-0.3, -0.25) is 9.69 Å². The average Bonchev–Trinajstić information content (AvgIpc) is 2.84. The third-order valence-electron chi connectivity index (χ3n) is 4.74. The van der Waals surface area contributed by atoms with E-state index in [9.17, 15) is 9.90 Å². The van der Waals surface area contributed by atoms with Crippen LogP contribution in [0, 0.1) is 0 Å². The van der Waals surface area contributed by atoms with Crippen LogP contribution in [0.4, 0.5) is 0 Å². The Kier molecular flexibility index (Phi) is 5.24. The second-order valence-corrected chi connectivity index (χ2v) is 6.19. The molecule has 0 bridgehead atoms. The van der Waals surface area contributed by atoms with E-state index in [1.165, 1.54) is 11.1 Å². The minimum absolute atomic E-state index is 0.596. The molecule has 0 spiro atoms. The summed E-state index contributed by atoms with van der Waals surface area (Å²) in [5.74, 6) is 0.332. The molecule has 1 unspecified atom stereocenters. The smallest absolute Gasteiger partial charge is 0.325 e. The van der Waals surface area contributed by atoms with Crippen molar-refractivity contribution in [1.82, 2.24) is 4.90 Å². The molecule has 0 saturated carbocycles. The summed E-state index contributed by atoms with van der Waals surface area (Å²) in [5, 5.41) is 9.89. The fourth-order valence-corrected chi connectivity index (χ4v) is 3.44. The molecule has 132 valence electrons. The van der Waals surface area contributed by atoms with Crippen LogP contribution in [0.1, 0.15) is 22.7 Å². The van der Waals surface area contributed by atoms with Crippen molar-refractivity contribution in [2.75, 3.05) is 27.3 Å². The van der Waals surface area contributed by atoms with E-state index in [1.807, 2.05) is 17.0 Å². The molecule has 2 aromatic carbocycles. The van der Waals surface area contributed by atoms with Crippen molar-refractivity contribution in [3.8, 4) is 11.5 Å². The summed E-state index contributed by atoms with van der Waals surface area (Å²) in [7, 11) is 3.13. The monoisotopic (exact) mass is 341 g/mol. The summed E-state index contributed by atoms with van der Waals surface area (Å²) in [6.07, 6.45) is 1.70. The first-order valence-corrected chi connectivity index (χ1v) is 8.39. The van der Waals surface area contributed by atoms with Gasteiger partial charge >= 0.3 is 5.97 Å². The molecule has 5 nitrogen and oxygen atoms in total. The first-order valence-electron chi connectivity index (χ1n) is 8.39. The van der Waals surface area contributed by atoms with Gasteiger partial charge in [-0.2, -0.15) is 0 Å². The molecular weight excluding hydrogens is 318 g/mol. The van der Waals surface area contributed by atoms with Crippen molar-refractivity contribution in [2.45, 2.75) is 18.9 Å². The molecule has 0 saturated heterocycles. The van der Waals surface area contributed by atoms with E-state index >= 15 is 0 Å². The Morgan fingerprint density at radius 3 is 1.96 bits per heavy atom. The van der Waals surface area contributed by atoms with Crippen molar-refractivity contribution in [3.63, 3.8) is 0 Å². The molecule has 1 aliphatic heterocycles. The van der Waals surface area contributed by atoms with E-state index in [2.05, 4.69) is 12.1 Å². The van der Waals surface area contributed by atoms with E-state index < -0.39 is 12.0 Å². The first-order chi connectivity index (χ1) is 12.1. The number of aliphatic carboxylic acids is 1. The third kappa shape index (κ3) is 3.77. The lowest BCUT2D eigenvalue weighted by Crippen LogP contribution is -2.36. The molecule has 25 heavy (non-hydrogen) atoms. The van der Waals surface area contributed by atoms with Crippen LogP contribution in [-0.4, -0.2) is 43.3 Å². The number of carbonyl (C=O) groups is 1. The van der Waals surface area contributed by atoms with Crippen LogP contribution in [0.2, 0.25) is 0 Å². The fraction of sp³-hybridized carbons (Fsp3) is 0.350. The second-order valence-electron chi connectivity index (χ2n) is 6.19. The predicted octanol–water partition coefficient (Wildman–Crippen LogP) is 2.93. The Labute approximate surface area is 147 Å². The lowest BCUT2D eigenvalue weighted by molar-refractivity contribution is -0.143. The normalized spacial score (nSPS) is 15.8. The number of carboxylic acid groups (broad SMARTS) is 1. The predicted molar refractivity (Wildman–Crippen MR) is 95.3 cm³/mol. The molecule has 0 amide bonds. The third-order valence-corrected chi connectivity index (χ3v) is 4.74. The van der Waals surface area contributed by atoms with E-state index in [1.54, 1.807) is 32.4 Å².